The zero-order valence-electron chi connectivity index (χ0n) is 13.2. The highest BCUT2D eigenvalue weighted by Crippen LogP contribution is 2.27. The van der Waals surface area contributed by atoms with E-state index in [-0.39, 0.29) is 10.8 Å². The van der Waals surface area contributed by atoms with E-state index in [1.165, 1.54) is 12.3 Å². The maximum absolute atomic E-state index is 9.61. The van der Waals surface area contributed by atoms with E-state index in [1.54, 1.807) is 12.3 Å². The quantitative estimate of drug-likeness (QED) is 0.662. The lowest BCUT2D eigenvalue weighted by Crippen LogP contribution is -2.04. The number of aliphatic hydroxyl groups is 1. The number of rotatable bonds is 4. The van der Waals surface area contributed by atoms with E-state index < -0.39 is 0 Å². The van der Waals surface area contributed by atoms with Gasteiger partial charge in [-0.05, 0) is 31.6 Å². The Kier molecular flexibility index (Phi) is 4.86. The zero-order chi connectivity index (χ0) is 17.1. The summed E-state index contributed by atoms with van der Waals surface area (Å²) in [5, 5.41) is 9.78. The lowest BCUT2D eigenvalue weighted by atomic mass is 10.1. The molecule has 2 aromatic rings. The highest BCUT2D eigenvalue weighted by molar-refractivity contribution is 6.32. The lowest BCUT2D eigenvalue weighted by molar-refractivity contribution is 0.431. The van der Waals surface area contributed by atoms with Crippen molar-refractivity contribution >= 4 is 23.0 Å². The van der Waals surface area contributed by atoms with Crippen molar-refractivity contribution in [2.24, 2.45) is 7.05 Å². The summed E-state index contributed by atoms with van der Waals surface area (Å²) < 4.78 is 1.90. The number of allylic oxidation sites excluding steroid dienone is 4. The van der Waals surface area contributed by atoms with Crippen molar-refractivity contribution in [2.75, 3.05) is 5.73 Å². The fourth-order valence-electron chi connectivity index (χ4n) is 1.99. The van der Waals surface area contributed by atoms with Gasteiger partial charge in [0, 0.05) is 18.9 Å². The molecule has 0 bridgehead atoms. The van der Waals surface area contributed by atoms with Gasteiger partial charge in [-0.3, -0.25) is 4.98 Å². The van der Waals surface area contributed by atoms with Crippen molar-refractivity contribution in [2.45, 2.75) is 13.8 Å². The maximum Gasteiger partial charge on any atom is 0.160 e. The normalized spacial score (nSPS) is 13.0. The van der Waals surface area contributed by atoms with E-state index >= 15 is 0 Å². The van der Waals surface area contributed by atoms with Gasteiger partial charge in [-0.1, -0.05) is 18.2 Å². The number of hydrogen-bond acceptors (Lipinski definition) is 5. The molecular formula is C16H18ClN5O. The summed E-state index contributed by atoms with van der Waals surface area (Å²) in [5.41, 5.74) is 8.61. The molecule has 0 aliphatic rings. The fraction of sp³-hybridized carbons (Fsp3) is 0.188. The third kappa shape index (κ3) is 3.43. The second-order valence-electron chi connectivity index (χ2n) is 5.04. The molecule has 2 rings (SSSR count). The van der Waals surface area contributed by atoms with Crippen LogP contribution in [0.25, 0.3) is 17.1 Å². The topological polar surface area (TPSA) is 89.8 Å². The van der Waals surface area contributed by atoms with Gasteiger partial charge in [0.1, 0.15) is 17.3 Å². The van der Waals surface area contributed by atoms with Gasteiger partial charge < -0.3 is 15.4 Å². The van der Waals surface area contributed by atoms with Crippen LogP contribution in [0.2, 0.25) is 0 Å². The first-order chi connectivity index (χ1) is 10.8. The lowest BCUT2D eigenvalue weighted by Gasteiger charge is -2.10. The number of hydrogen-bond donors (Lipinski definition) is 2. The number of nitrogens with two attached hydrogens (primary N) is 1. The number of anilines is 1. The van der Waals surface area contributed by atoms with Crippen molar-refractivity contribution < 1.29 is 5.11 Å². The molecule has 3 N–H and O–H groups in total. The average Bonchev–Trinajstić information content (AvgIpc) is 2.85. The van der Waals surface area contributed by atoms with Crippen molar-refractivity contribution in [3.63, 3.8) is 0 Å². The molecule has 0 aromatic carbocycles. The summed E-state index contributed by atoms with van der Waals surface area (Å²) in [6.45, 7) is 7.24. The Balaban J connectivity index is 2.63. The van der Waals surface area contributed by atoms with Gasteiger partial charge in [-0.25, -0.2) is 9.97 Å². The number of nitrogens with zero attached hydrogens (tertiary/aromatic N) is 4. The standard InChI is InChI=1S/C16H18ClN5O/c1-5-12(23)11(17)6-9(2)14-15(21-13(18)8-19-14)16-20-7-10(3)22(16)4/h5-8,23H,1H2,2-4H3,(H2,18,21)/b9-6+,12-11-. The van der Waals surface area contributed by atoms with Gasteiger partial charge in [0.15, 0.2) is 5.82 Å². The minimum Gasteiger partial charge on any atom is -0.506 e. The average molecular weight is 332 g/mol. The Morgan fingerprint density at radius 1 is 1.39 bits per heavy atom. The molecule has 0 aliphatic heterocycles. The molecule has 2 aromatic heterocycles. The molecule has 0 aliphatic carbocycles. The van der Waals surface area contributed by atoms with Crippen LogP contribution >= 0.6 is 11.6 Å². The van der Waals surface area contributed by atoms with E-state index in [9.17, 15) is 5.11 Å². The van der Waals surface area contributed by atoms with E-state index in [2.05, 4.69) is 21.5 Å². The van der Waals surface area contributed by atoms with Crippen LogP contribution in [-0.2, 0) is 7.05 Å². The smallest absolute Gasteiger partial charge is 0.160 e. The molecule has 6 nitrogen and oxygen atoms in total. The van der Waals surface area contributed by atoms with Crippen LogP contribution in [0.4, 0.5) is 5.82 Å². The van der Waals surface area contributed by atoms with E-state index in [1.807, 2.05) is 25.5 Å². The second-order valence-corrected chi connectivity index (χ2v) is 5.45. The van der Waals surface area contributed by atoms with Crippen LogP contribution in [-0.4, -0.2) is 24.6 Å². The van der Waals surface area contributed by atoms with Crippen molar-refractivity contribution in [3.8, 4) is 11.5 Å². The van der Waals surface area contributed by atoms with Crippen LogP contribution in [0, 0.1) is 6.92 Å². The number of imidazole rings is 1. The van der Waals surface area contributed by atoms with Crippen molar-refractivity contribution in [3.05, 3.63) is 53.3 Å². The molecule has 120 valence electrons. The molecule has 0 saturated carbocycles. The van der Waals surface area contributed by atoms with Crippen LogP contribution in [0.1, 0.15) is 18.3 Å². The van der Waals surface area contributed by atoms with Crippen LogP contribution in [0.15, 0.2) is 41.9 Å². The molecular weight excluding hydrogens is 314 g/mol. The van der Waals surface area contributed by atoms with Gasteiger partial charge in [0.05, 0.1) is 16.9 Å². The number of aryl methyl sites for hydroxylation is 1. The van der Waals surface area contributed by atoms with Crippen molar-refractivity contribution in [1.82, 2.24) is 19.5 Å². The largest absolute Gasteiger partial charge is 0.506 e. The number of halogens is 1. The van der Waals surface area contributed by atoms with Gasteiger partial charge >= 0.3 is 0 Å². The van der Waals surface area contributed by atoms with Gasteiger partial charge in [0.25, 0.3) is 0 Å². The summed E-state index contributed by atoms with van der Waals surface area (Å²) in [4.78, 5) is 13.1. The summed E-state index contributed by atoms with van der Waals surface area (Å²) >= 11 is 6.03. The first-order valence-corrected chi connectivity index (χ1v) is 7.24. The fourth-order valence-corrected chi connectivity index (χ4v) is 2.23. The Bertz CT molecular complexity index is 820. The second kappa shape index (κ2) is 6.66. The molecule has 0 atom stereocenters. The van der Waals surface area contributed by atoms with Gasteiger partial charge in [-0.15, -0.1) is 0 Å². The summed E-state index contributed by atoms with van der Waals surface area (Å²) in [5.74, 6) is 0.842. The number of nitrogen functional groups attached to an aromatic ring is 1. The summed E-state index contributed by atoms with van der Waals surface area (Å²) in [7, 11) is 1.89. The Morgan fingerprint density at radius 3 is 2.65 bits per heavy atom. The predicted molar refractivity (Wildman–Crippen MR) is 92.7 cm³/mol. The van der Waals surface area contributed by atoms with Crippen LogP contribution in [0.3, 0.4) is 0 Å². The minimum atomic E-state index is -0.108. The Morgan fingerprint density at radius 2 is 2.09 bits per heavy atom. The minimum absolute atomic E-state index is 0.108. The summed E-state index contributed by atoms with van der Waals surface area (Å²) in [6, 6.07) is 0. The third-order valence-electron chi connectivity index (χ3n) is 3.38. The maximum atomic E-state index is 9.61. The highest BCUT2D eigenvalue weighted by atomic mass is 35.5. The molecule has 7 heteroatoms. The molecule has 0 unspecified atom stereocenters. The molecule has 0 saturated heterocycles. The molecule has 2 heterocycles. The predicted octanol–water partition coefficient (Wildman–Crippen LogP) is 3.37. The first kappa shape index (κ1) is 16.8. The molecule has 23 heavy (non-hydrogen) atoms. The van der Waals surface area contributed by atoms with Gasteiger partial charge in [0.2, 0.25) is 0 Å². The van der Waals surface area contributed by atoms with Crippen molar-refractivity contribution in [1.29, 1.82) is 0 Å². The first-order valence-electron chi connectivity index (χ1n) is 6.86. The number of aromatic nitrogens is 4. The molecule has 0 amide bonds. The molecule has 0 spiro atoms. The summed E-state index contributed by atoms with van der Waals surface area (Å²) in [6.07, 6.45) is 6.08. The van der Waals surface area contributed by atoms with Crippen LogP contribution in [0.5, 0.6) is 0 Å². The van der Waals surface area contributed by atoms with Gasteiger partial charge in [-0.2, -0.15) is 0 Å². The monoisotopic (exact) mass is 331 g/mol. The highest BCUT2D eigenvalue weighted by Gasteiger charge is 2.16. The number of aliphatic hydroxyl groups excluding tert-OH is 1. The Hall–Kier alpha value is -2.60. The Labute approximate surface area is 139 Å². The SMILES string of the molecule is C=C/C(O)=C(Cl)\C=C(/C)c1ncc(N)nc1-c1ncc(C)n1C. The van der Waals surface area contributed by atoms with E-state index in [4.69, 9.17) is 17.3 Å². The molecule has 0 fully saturated rings. The van der Waals surface area contributed by atoms with E-state index in [0.717, 1.165) is 5.69 Å². The zero-order valence-corrected chi connectivity index (χ0v) is 14.0. The van der Waals surface area contributed by atoms with E-state index in [0.29, 0.717) is 28.6 Å². The van der Waals surface area contributed by atoms with Crippen LogP contribution < -0.4 is 5.73 Å². The molecule has 0 radical (unpaired) electrons. The third-order valence-corrected chi connectivity index (χ3v) is 3.68.